The zero-order valence-electron chi connectivity index (χ0n) is 8.31. The van der Waals surface area contributed by atoms with E-state index >= 15 is 0 Å². The second-order valence-electron chi connectivity index (χ2n) is 2.99. The fourth-order valence-corrected chi connectivity index (χ4v) is 0.853. The predicted octanol–water partition coefficient (Wildman–Crippen LogP) is 0.945. The lowest BCUT2D eigenvalue weighted by molar-refractivity contribution is -0.144. The number of carboxylic acid groups (broad SMARTS) is 1. The van der Waals surface area contributed by atoms with E-state index in [0.29, 0.717) is 5.88 Å². The Kier molecular flexibility index (Phi) is 3.01. The molecule has 0 bridgehead atoms. The molecule has 0 aliphatic heterocycles. The summed E-state index contributed by atoms with van der Waals surface area (Å²) in [5.41, 5.74) is 1.55. The molecule has 14 heavy (non-hydrogen) atoms. The molecule has 0 spiro atoms. The van der Waals surface area contributed by atoms with Crippen LogP contribution in [0.25, 0.3) is 0 Å². The van der Waals surface area contributed by atoms with Crippen molar-refractivity contribution in [3.8, 4) is 5.88 Å². The van der Waals surface area contributed by atoms with E-state index < -0.39 is 12.1 Å². The molecule has 0 saturated carbocycles. The van der Waals surface area contributed by atoms with Crippen LogP contribution in [0.2, 0.25) is 0 Å². The molecule has 1 heterocycles. The number of hydrogen-bond acceptors (Lipinski definition) is 4. The molecule has 0 aromatic carbocycles. The van der Waals surface area contributed by atoms with Gasteiger partial charge >= 0.3 is 5.97 Å². The van der Waals surface area contributed by atoms with Crippen molar-refractivity contribution in [1.82, 2.24) is 9.97 Å². The highest BCUT2D eigenvalue weighted by Gasteiger charge is 2.15. The van der Waals surface area contributed by atoms with Crippen molar-refractivity contribution < 1.29 is 14.6 Å². The maximum Gasteiger partial charge on any atom is 0.344 e. The average molecular weight is 196 g/mol. The Bertz CT molecular complexity index is 352. The van der Waals surface area contributed by atoms with Crippen LogP contribution in [-0.2, 0) is 4.79 Å². The molecule has 0 fully saturated rings. The van der Waals surface area contributed by atoms with E-state index in [2.05, 4.69) is 9.97 Å². The van der Waals surface area contributed by atoms with E-state index in [1.54, 1.807) is 6.92 Å². The minimum Gasteiger partial charge on any atom is -0.479 e. The zero-order chi connectivity index (χ0) is 10.7. The fraction of sp³-hybridized carbons (Fsp3) is 0.444. The Morgan fingerprint density at radius 2 is 2.14 bits per heavy atom. The van der Waals surface area contributed by atoms with Crippen LogP contribution in [0.4, 0.5) is 0 Å². The van der Waals surface area contributed by atoms with Crippen molar-refractivity contribution in [1.29, 1.82) is 0 Å². The van der Waals surface area contributed by atoms with Crippen LogP contribution in [0.5, 0.6) is 5.88 Å². The summed E-state index contributed by atoms with van der Waals surface area (Å²) in [7, 11) is 0. The smallest absolute Gasteiger partial charge is 0.344 e. The van der Waals surface area contributed by atoms with Gasteiger partial charge in [-0.15, -0.1) is 0 Å². The number of aryl methyl sites for hydroxylation is 1. The van der Waals surface area contributed by atoms with Crippen molar-refractivity contribution in [3.63, 3.8) is 0 Å². The highest BCUT2D eigenvalue weighted by Crippen LogP contribution is 2.16. The van der Waals surface area contributed by atoms with Gasteiger partial charge in [0, 0.05) is 11.3 Å². The Hall–Kier alpha value is -1.65. The predicted molar refractivity (Wildman–Crippen MR) is 49.2 cm³/mol. The van der Waals surface area contributed by atoms with E-state index in [-0.39, 0.29) is 0 Å². The van der Waals surface area contributed by atoms with Crippen molar-refractivity contribution in [2.75, 3.05) is 0 Å². The third-order valence-corrected chi connectivity index (χ3v) is 1.93. The molecule has 0 saturated heterocycles. The molecule has 1 aromatic rings. The summed E-state index contributed by atoms with van der Waals surface area (Å²) >= 11 is 0. The van der Waals surface area contributed by atoms with Crippen molar-refractivity contribution in [2.24, 2.45) is 0 Å². The molecule has 1 N–H and O–H groups in total. The van der Waals surface area contributed by atoms with Gasteiger partial charge in [-0.05, 0) is 20.8 Å². The van der Waals surface area contributed by atoms with Crippen LogP contribution >= 0.6 is 0 Å². The number of rotatable bonds is 3. The molecule has 1 atom stereocenters. The maximum absolute atomic E-state index is 10.5. The van der Waals surface area contributed by atoms with Gasteiger partial charge in [0.1, 0.15) is 6.33 Å². The molecule has 1 aromatic heterocycles. The van der Waals surface area contributed by atoms with Gasteiger partial charge in [-0.3, -0.25) is 0 Å². The lowest BCUT2D eigenvalue weighted by atomic mass is 10.2. The normalized spacial score (nSPS) is 12.2. The largest absolute Gasteiger partial charge is 0.479 e. The molecule has 0 amide bonds. The third kappa shape index (κ3) is 2.18. The number of carboxylic acids is 1. The topological polar surface area (TPSA) is 72.3 Å². The first-order chi connectivity index (χ1) is 6.52. The van der Waals surface area contributed by atoms with Crippen molar-refractivity contribution in [2.45, 2.75) is 26.9 Å². The van der Waals surface area contributed by atoms with Crippen molar-refractivity contribution in [3.05, 3.63) is 17.6 Å². The van der Waals surface area contributed by atoms with Crippen LogP contribution in [0, 0.1) is 13.8 Å². The molecule has 0 aliphatic rings. The summed E-state index contributed by atoms with van der Waals surface area (Å²) in [4.78, 5) is 18.3. The van der Waals surface area contributed by atoms with E-state index in [4.69, 9.17) is 9.84 Å². The monoisotopic (exact) mass is 196 g/mol. The summed E-state index contributed by atoms with van der Waals surface area (Å²) in [6, 6.07) is 0. The number of ether oxygens (including phenoxy) is 1. The van der Waals surface area contributed by atoms with Gasteiger partial charge in [0.2, 0.25) is 5.88 Å². The van der Waals surface area contributed by atoms with Crippen LogP contribution < -0.4 is 4.74 Å². The number of hydrogen-bond donors (Lipinski definition) is 1. The number of carbonyl (C=O) groups is 1. The highest BCUT2D eigenvalue weighted by molar-refractivity contribution is 5.72. The molecule has 0 aliphatic carbocycles. The fourth-order valence-electron chi connectivity index (χ4n) is 0.853. The van der Waals surface area contributed by atoms with E-state index in [1.807, 2.05) is 6.92 Å². The first-order valence-corrected chi connectivity index (χ1v) is 4.20. The molecule has 1 rings (SSSR count). The summed E-state index contributed by atoms with van der Waals surface area (Å²) in [6.07, 6.45) is 0.453. The van der Waals surface area contributed by atoms with Gasteiger partial charge in [0.05, 0.1) is 0 Å². The Balaban J connectivity index is 2.87. The van der Waals surface area contributed by atoms with Crippen LogP contribution in [-0.4, -0.2) is 27.1 Å². The standard InChI is InChI=1S/C9H12N2O3/c1-5-6(2)10-4-11-8(5)14-7(3)9(12)13/h4,7H,1-3H3,(H,12,13). The van der Waals surface area contributed by atoms with Gasteiger partial charge < -0.3 is 9.84 Å². The molecule has 0 radical (unpaired) electrons. The number of nitrogens with zero attached hydrogens (tertiary/aromatic N) is 2. The van der Waals surface area contributed by atoms with Gasteiger partial charge in [-0.2, -0.15) is 0 Å². The summed E-state index contributed by atoms with van der Waals surface area (Å²) < 4.78 is 5.14. The highest BCUT2D eigenvalue weighted by atomic mass is 16.5. The minimum absolute atomic E-state index is 0.326. The second kappa shape index (κ2) is 4.04. The minimum atomic E-state index is -1.01. The van der Waals surface area contributed by atoms with E-state index in [9.17, 15) is 4.79 Å². The first-order valence-electron chi connectivity index (χ1n) is 4.20. The van der Waals surface area contributed by atoms with E-state index in [0.717, 1.165) is 11.3 Å². The third-order valence-electron chi connectivity index (χ3n) is 1.93. The summed E-state index contributed by atoms with van der Waals surface area (Å²) in [5.74, 6) is -0.687. The van der Waals surface area contributed by atoms with Crippen LogP contribution in [0.15, 0.2) is 6.33 Å². The lowest BCUT2D eigenvalue weighted by Gasteiger charge is -2.11. The summed E-state index contributed by atoms with van der Waals surface area (Å²) in [5, 5.41) is 8.64. The average Bonchev–Trinajstić information content (AvgIpc) is 2.12. The zero-order valence-corrected chi connectivity index (χ0v) is 8.31. The number of aromatic nitrogens is 2. The Labute approximate surface area is 81.8 Å². The second-order valence-corrected chi connectivity index (χ2v) is 2.99. The maximum atomic E-state index is 10.5. The van der Waals surface area contributed by atoms with Gasteiger partial charge in [0.15, 0.2) is 6.10 Å². The van der Waals surface area contributed by atoms with Crippen LogP contribution in [0.3, 0.4) is 0 Å². The van der Waals surface area contributed by atoms with Gasteiger partial charge in [-0.25, -0.2) is 14.8 Å². The molecule has 76 valence electrons. The quantitative estimate of drug-likeness (QED) is 0.779. The molecular formula is C9H12N2O3. The Morgan fingerprint density at radius 3 is 2.71 bits per heavy atom. The number of aliphatic carboxylic acids is 1. The first kappa shape index (κ1) is 10.4. The summed E-state index contributed by atoms with van der Waals surface area (Å²) in [6.45, 7) is 5.06. The lowest BCUT2D eigenvalue weighted by Crippen LogP contribution is -2.23. The molecule has 5 heteroatoms. The SMILES string of the molecule is Cc1ncnc(OC(C)C(=O)O)c1C. The van der Waals surface area contributed by atoms with Gasteiger partial charge in [-0.1, -0.05) is 0 Å². The molecule has 1 unspecified atom stereocenters. The van der Waals surface area contributed by atoms with E-state index in [1.165, 1.54) is 13.3 Å². The molecule has 5 nitrogen and oxygen atoms in total. The molecular weight excluding hydrogens is 184 g/mol. The van der Waals surface area contributed by atoms with Crippen LogP contribution in [0.1, 0.15) is 18.2 Å². The van der Waals surface area contributed by atoms with Gasteiger partial charge in [0.25, 0.3) is 0 Å². The van der Waals surface area contributed by atoms with Crippen molar-refractivity contribution >= 4 is 5.97 Å². The Morgan fingerprint density at radius 1 is 1.50 bits per heavy atom.